The summed E-state index contributed by atoms with van der Waals surface area (Å²) in [5, 5.41) is 11.7. The molecule has 4 aromatic rings. The van der Waals surface area contributed by atoms with E-state index in [9.17, 15) is 4.79 Å². The molecule has 1 aliphatic carbocycles. The van der Waals surface area contributed by atoms with Crippen LogP contribution >= 0.6 is 0 Å². The second-order valence-electron chi connectivity index (χ2n) is 8.05. The van der Waals surface area contributed by atoms with Crippen molar-refractivity contribution in [1.29, 1.82) is 0 Å². The van der Waals surface area contributed by atoms with Crippen LogP contribution < -0.4 is 5.32 Å². The van der Waals surface area contributed by atoms with E-state index in [1.807, 2.05) is 59.1 Å². The Labute approximate surface area is 174 Å². The van der Waals surface area contributed by atoms with Crippen LogP contribution in [0.3, 0.4) is 0 Å². The van der Waals surface area contributed by atoms with Gasteiger partial charge in [-0.25, -0.2) is 4.98 Å². The van der Waals surface area contributed by atoms with Crippen LogP contribution in [0.1, 0.15) is 60.7 Å². The van der Waals surface area contributed by atoms with E-state index in [0.29, 0.717) is 23.2 Å². The molecule has 1 aliphatic rings. The lowest BCUT2D eigenvalue weighted by Crippen LogP contribution is -2.33. The number of rotatable bonds is 6. The number of hydrogen-bond donors (Lipinski definition) is 1. The lowest BCUT2D eigenvalue weighted by molar-refractivity contribution is 0.0916. The number of carbonyl (C=O) groups is 1. The molecular formula is C23H23N5O2. The number of pyridine rings is 1. The molecule has 30 heavy (non-hydrogen) atoms. The topological polar surface area (TPSA) is 85.3 Å². The zero-order valence-electron chi connectivity index (χ0n) is 16.9. The van der Waals surface area contributed by atoms with E-state index < -0.39 is 0 Å². The number of nitrogens with zero attached hydrogens (tertiary/aromatic N) is 4. The summed E-state index contributed by atoms with van der Waals surface area (Å²) in [6.07, 6.45) is 3.95. The highest BCUT2D eigenvalue weighted by Crippen LogP contribution is 2.43. The number of aromatic nitrogens is 4. The fraction of sp³-hybridized carbons (Fsp3) is 0.304. The minimum atomic E-state index is -0.307. The summed E-state index contributed by atoms with van der Waals surface area (Å²) in [4.78, 5) is 17.9. The molecule has 1 N–H and O–H groups in total. The average Bonchev–Trinajstić information content (AvgIpc) is 3.37. The lowest BCUT2D eigenvalue weighted by Gasteiger charge is -2.20. The minimum absolute atomic E-state index is 0.117. The van der Waals surface area contributed by atoms with Crippen LogP contribution in [0.25, 0.3) is 17.1 Å². The van der Waals surface area contributed by atoms with Gasteiger partial charge in [-0.15, -0.1) is 10.2 Å². The highest BCUT2D eigenvalue weighted by Gasteiger charge is 2.35. The van der Waals surface area contributed by atoms with Gasteiger partial charge in [0.25, 0.3) is 5.91 Å². The molecule has 7 heteroatoms. The number of oxazole rings is 1. The maximum atomic E-state index is 13.3. The smallest absolute Gasteiger partial charge is 0.274 e. The second-order valence-corrected chi connectivity index (χ2v) is 8.05. The average molecular weight is 401 g/mol. The van der Waals surface area contributed by atoms with Crippen molar-refractivity contribution >= 4 is 11.6 Å². The first-order chi connectivity index (χ1) is 14.6. The molecule has 0 bridgehead atoms. The largest absolute Gasteiger partial charge is 0.440 e. The summed E-state index contributed by atoms with van der Waals surface area (Å²) in [5.41, 5.74) is 1.98. The second kappa shape index (κ2) is 7.40. The zero-order chi connectivity index (χ0) is 20.7. The Morgan fingerprint density at radius 1 is 1.10 bits per heavy atom. The standard InChI is InChI=1S/C23H23N5O2/c1-14(2)18(21-27-26-17-10-6-7-13-28(17)21)24-22(29)19-20(15-11-12-15)30-23(25-19)16-8-4-3-5-9-16/h3-10,13-15,18H,11-12H2,1-2H3,(H,24,29). The first kappa shape index (κ1) is 18.5. The zero-order valence-corrected chi connectivity index (χ0v) is 16.9. The van der Waals surface area contributed by atoms with Crippen molar-refractivity contribution in [1.82, 2.24) is 24.9 Å². The molecular weight excluding hydrogens is 378 g/mol. The quantitative estimate of drug-likeness (QED) is 0.518. The molecule has 1 amide bonds. The summed E-state index contributed by atoms with van der Waals surface area (Å²) < 4.78 is 7.95. The predicted molar refractivity (Wildman–Crippen MR) is 112 cm³/mol. The van der Waals surface area contributed by atoms with E-state index in [0.717, 1.165) is 24.1 Å². The van der Waals surface area contributed by atoms with Gasteiger partial charge < -0.3 is 9.73 Å². The Morgan fingerprint density at radius 2 is 1.87 bits per heavy atom. The summed E-state index contributed by atoms with van der Waals surface area (Å²) in [7, 11) is 0. The van der Waals surface area contributed by atoms with Crippen LogP contribution in [0.15, 0.2) is 59.1 Å². The van der Waals surface area contributed by atoms with Crippen molar-refractivity contribution in [3.05, 3.63) is 72.0 Å². The third-order valence-electron chi connectivity index (χ3n) is 5.41. The molecule has 3 heterocycles. The van der Waals surface area contributed by atoms with Crippen LogP contribution in [0.4, 0.5) is 0 Å². The maximum absolute atomic E-state index is 13.3. The maximum Gasteiger partial charge on any atom is 0.274 e. The number of nitrogens with one attached hydrogen (secondary N) is 1. The number of benzene rings is 1. The van der Waals surface area contributed by atoms with Crippen LogP contribution in [0.5, 0.6) is 0 Å². The summed E-state index contributed by atoms with van der Waals surface area (Å²) in [6.45, 7) is 4.10. The summed E-state index contributed by atoms with van der Waals surface area (Å²) in [5.74, 6) is 2.01. The van der Waals surface area contributed by atoms with E-state index >= 15 is 0 Å². The van der Waals surface area contributed by atoms with E-state index in [4.69, 9.17) is 4.42 Å². The molecule has 1 saturated carbocycles. The number of hydrogen-bond acceptors (Lipinski definition) is 5. The van der Waals surface area contributed by atoms with Gasteiger partial charge in [0.05, 0.1) is 6.04 Å². The van der Waals surface area contributed by atoms with Crippen LogP contribution in [-0.2, 0) is 0 Å². The lowest BCUT2D eigenvalue weighted by atomic mass is 10.0. The van der Waals surface area contributed by atoms with Crippen molar-refractivity contribution in [2.24, 2.45) is 5.92 Å². The van der Waals surface area contributed by atoms with Gasteiger partial charge in [-0.2, -0.15) is 0 Å². The fourth-order valence-electron chi connectivity index (χ4n) is 3.63. The van der Waals surface area contributed by atoms with E-state index in [1.165, 1.54) is 0 Å². The van der Waals surface area contributed by atoms with E-state index in [-0.39, 0.29) is 23.8 Å². The van der Waals surface area contributed by atoms with Gasteiger partial charge in [0.2, 0.25) is 5.89 Å². The van der Waals surface area contributed by atoms with Gasteiger partial charge in [-0.1, -0.05) is 38.1 Å². The molecule has 0 saturated heterocycles. The first-order valence-electron chi connectivity index (χ1n) is 10.3. The molecule has 3 aromatic heterocycles. The van der Waals surface area contributed by atoms with Crippen molar-refractivity contribution in [3.8, 4) is 11.5 Å². The van der Waals surface area contributed by atoms with Gasteiger partial charge in [0.15, 0.2) is 17.2 Å². The molecule has 7 nitrogen and oxygen atoms in total. The first-order valence-corrected chi connectivity index (χ1v) is 10.3. The van der Waals surface area contributed by atoms with Crippen molar-refractivity contribution < 1.29 is 9.21 Å². The normalized spacial score (nSPS) is 14.9. The molecule has 0 spiro atoms. The SMILES string of the molecule is CC(C)C(NC(=O)c1nc(-c2ccccc2)oc1C1CC1)c1nnc2ccccn12. The summed E-state index contributed by atoms with van der Waals surface area (Å²) >= 11 is 0. The van der Waals surface area contributed by atoms with Crippen LogP contribution in [0, 0.1) is 5.92 Å². The highest BCUT2D eigenvalue weighted by atomic mass is 16.4. The number of carbonyl (C=O) groups excluding carboxylic acids is 1. The molecule has 0 radical (unpaired) electrons. The van der Waals surface area contributed by atoms with E-state index in [1.54, 1.807) is 0 Å². The molecule has 0 aliphatic heterocycles. The predicted octanol–water partition coefficient (Wildman–Crippen LogP) is 4.39. The van der Waals surface area contributed by atoms with Crippen molar-refractivity contribution in [3.63, 3.8) is 0 Å². The highest BCUT2D eigenvalue weighted by molar-refractivity contribution is 5.94. The third-order valence-corrected chi connectivity index (χ3v) is 5.41. The summed E-state index contributed by atoms with van der Waals surface area (Å²) in [6, 6.07) is 15.1. The Bertz CT molecular complexity index is 1190. The van der Waals surface area contributed by atoms with Crippen LogP contribution in [0.2, 0.25) is 0 Å². The monoisotopic (exact) mass is 401 g/mol. The molecule has 152 valence electrons. The van der Waals surface area contributed by atoms with E-state index in [2.05, 4.69) is 34.3 Å². The molecule has 5 rings (SSSR count). The molecule has 1 fully saturated rings. The molecule has 1 unspecified atom stereocenters. The van der Waals surface area contributed by atoms with Gasteiger partial charge in [0.1, 0.15) is 5.76 Å². The Balaban J connectivity index is 1.48. The van der Waals surface area contributed by atoms with Gasteiger partial charge >= 0.3 is 0 Å². The van der Waals surface area contributed by atoms with Crippen molar-refractivity contribution in [2.75, 3.05) is 0 Å². The Hall–Kier alpha value is -3.48. The van der Waals surface area contributed by atoms with Gasteiger partial charge in [-0.05, 0) is 43.0 Å². The van der Waals surface area contributed by atoms with Gasteiger partial charge in [0, 0.05) is 17.7 Å². The number of amides is 1. The molecule has 1 aromatic carbocycles. The van der Waals surface area contributed by atoms with Gasteiger partial charge in [-0.3, -0.25) is 9.20 Å². The third kappa shape index (κ3) is 3.36. The Kier molecular flexibility index (Phi) is 4.58. The fourth-order valence-corrected chi connectivity index (χ4v) is 3.63. The Morgan fingerprint density at radius 3 is 2.60 bits per heavy atom. The number of fused-ring (bicyclic) bond motifs is 1. The van der Waals surface area contributed by atoms with Crippen molar-refractivity contribution in [2.45, 2.75) is 38.6 Å². The minimum Gasteiger partial charge on any atom is -0.440 e. The van der Waals surface area contributed by atoms with Crippen LogP contribution in [-0.4, -0.2) is 25.5 Å². The molecule has 1 atom stereocenters.